The maximum Gasteiger partial charge on any atom is 0.186 e. The summed E-state index contributed by atoms with van der Waals surface area (Å²) in [5.41, 5.74) is 0. The van der Waals surface area contributed by atoms with Crippen LogP contribution in [0.3, 0.4) is 0 Å². The second-order valence-corrected chi connectivity index (χ2v) is 2.75. The van der Waals surface area contributed by atoms with E-state index in [1.165, 1.54) is 0 Å². The highest BCUT2D eigenvalue weighted by Gasteiger charge is 2.42. The smallest absolute Gasteiger partial charge is 0.186 e. The zero-order valence-electron chi connectivity index (χ0n) is 5.43. The van der Waals surface area contributed by atoms with E-state index in [4.69, 9.17) is 19.7 Å². The Balaban J connectivity index is 2.09. The molecule has 0 radical (unpaired) electrons. The summed E-state index contributed by atoms with van der Waals surface area (Å²) in [4.78, 5) is 0. The number of fused-ring (bicyclic) bond motifs is 2. The molecule has 2 rings (SSSR count). The standard InChI is InChI=1S/C6H10O4/c7-4-1-3-2-9-6(10-3)5(4)8/h3-8H,1-2H2/t3-,4-,5+,6+/m0/s1. The van der Waals surface area contributed by atoms with Crippen molar-refractivity contribution in [3.8, 4) is 0 Å². The summed E-state index contributed by atoms with van der Waals surface area (Å²) in [7, 11) is 0. The summed E-state index contributed by atoms with van der Waals surface area (Å²) < 4.78 is 10.2. The molecule has 2 saturated heterocycles. The third-order valence-corrected chi connectivity index (χ3v) is 1.95. The molecule has 0 aromatic carbocycles. The summed E-state index contributed by atoms with van der Waals surface area (Å²) >= 11 is 0. The lowest BCUT2D eigenvalue weighted by Gasteiger charge is -2.27. The van der Waals surface area contributed by atoms with Crippen LogP contribution in [0.5, 0.6) is 0 Å². The summed E-state index contributed by atoms with van der Waals surface area (Å²) in [6, 6.07) is 0. The van der Waals surface area contributed by atoms with Crippen molar-refractivity contribution in [1.29, 1.82) is 0 Å². The monoisotopic (exact) mass is 146 g/mol. The Morgan fingerprint density at radius 3 is 2.90 bits per heavy atom. The fourth-order valence-electron chi connectivity index (χ4n) is 1.36. The van der Waals surface area contributed by atoms with E-state index in [9.17, 15) is 0 Å². The van der Waals surface area contributed by atoms with Crippen molar-refractivity contribution in [2.75, 3.05) is 6.61 Å². The van der Waals surface area contributed by atoms with E-state index in [0.717, 1.165) is 0 Å². The van der Waals surface area contributed by atoms with Gasteiger partial charge >= 0.3 is 0 Å². The molecule has 2 bridgehead atoms. The number of rotatable bonds is 0. The lowest BCUT2D eigenvalue weighted by atomic mass is 10.1. The van der Waals surface area contributed by atoms with Gasteiger partial charge < -0.3 is 19.7 Å². The molecule has 2 aliphatic rings. The molecule has 2 N–H and O–H groups in total. The molecule has 4 heteroatoms. The highest BCUT2D eigenvalue weighted by Crippen LogP contribution is 2.26. The van der Waals surface area contributed by atoms with Crippen molar-refractivity contribution in [2.24, 2.45) is 0 Å². The van der Waals surface area contributed by atoms with Crippen LogP contribution < -0.4 is 0 Å². The lowest BCUT2D eigenvalue weighted by molar-refractivity contribution is -0.192. The van der Waals surface area contributed by atoms with Gasteiger partial charge in [0.25, 0.3) is 0 Å². The predicted octanol–water partition coefficient (Wildman–Crippen LogP) is -1.15. The highest BCUT2D eigenvalue weighted by molar-refractivity contribution is 4.85. The third-order valence-electron chi connectivity index (χ3n) is 1.95. The molecule has 0 saturated carbocycles. The second-order valence-electron chi connectivity index (χ2n) is 2.75. The van der Waals surface area contributed by atoms with Gasteiger partial charge in [0.1, 0.15) is 6.10 Å². The minimum Gasteiger partial charge on any atom is -0.390 e. The Bertz CT molecular complexity index is 138. The average molecular weight is 146 g/mol. The molecule has 2 fully saturated rings. The third kappa shape index (κ3) is 0.845. The number of hydrogen-bond donors (Lipinski definition) is 2. The van der Waals surface area contributed by atoms with Crippen LogP contribution in [0, 0.1) is 0 Å². The van der Waals surface area contributed by atoms with E-state index < -0.39 is 18.5 Å². The molecular formula is C6H10O4. The molecule has 4 atom stereocenters. The Kier molecular flexibility index (Phi) is 1.42. The summed E-state index contributed by atoms with van der Waals surface area (Å²) in [5.74, 6) is 0. The van der Waals surface area contributed by atoms with Crippen molar-refractivity contribution in [2.45, 2.75) is 31.0 Å². The van der Waals surface area contributed by atoms with Gasteiger partial charge in [-0.3, -0.25) is 0 Å². The maximum absolute atomic E-state index is 9.16. The molecule has 0 aromatic rings. The van der Waals surface area contributed by atoms with Crippen LogP contribution in [0.4, 0.5) is 0 Å². The SMILES string of the molecule is O[C@H]1[C@@H]2OC[C@H](C[C@@H]1O)O2. The number of ether oxygens (including phenoxy) is 2. The largest absolute Gasteiger partial charge is 0.390 e. The Morgan fingerprint density at radius 2 is 2.10 bits per heavy atom. The van der Waals surface area contributed by atoms with Gasteiger partial charge in [0.2, 0.25) is 0 Å². The van der Waals surface area contributed by atoms with Crippen LogP contribution in [0.15, 0.2) is 0 Å². The van der Waals surface area contributed by atoms with Gasteiger partial charge in [0, 0.05) is 6.42 Å². The normalized spacial score (nSPS) is 53.4. The van der Waals surface area contributed by atoms with Gasteiger partial charge in [-0.05, 0) is 0 Å². The Labute approximate surface area is 58.4 Å². The summed E-state index contributed by atoms with van der Waals surface area (Å²) in [6.45, 7) is 0.499. The fourth-order valence-corrected chi connectivity index (χ4v) is 1.36. The molecule has 0 spiro atoms. The minimum absolute atomic E-state index is 0.0107. The van der Waals surface area contributed by atoms with Gasteiger partial charge in [-0.2, -0.15) is 0 Å². The molecule has 2 aliphatic heterocycles. The van der Waals surface area contributed by atoms with Crippen LogP contribution in [0.1, 0.15) is 6.42 Å². The summed E-state index contributed by atoms with van der Waals surface area (Å²) in [5, 5.41) is 18.3. The van der Waals surface area contributed by atoms with Gasteiger partial charge in [-0.25, -0.2) is 0 Å². The van der Waals surface area contributed by atoms with Crippen molar-refractivity contribution < 1.29 is 19.7 Å². The van der Waals surface area contributed by atoms with E-state index in [1.807, 2.05) is 0 Å². The minimum atomic E-state index is -0.862. The maximum atomic E-state index is 9.16. The molecule has 4 nitrogen and oxygen atoms in total. The molecule has 0 aliphatic carbocycles. The summed E-state index contributed by atoms with van der Waals surface area (Å²) in [6.07, 6.45) is -1.65. The van der Waals surface area contributed by atoms with Gasteiger partial charge in [-0.15, -0.1) is 0 Å². The van der Waals surface area contributed by atoms with Crippen LogP contribution >= 0.6 is 0 Å². The Hall–Kier alpha value is -0.160. The number of aliphatic hydroxyl groups is 2. The van der Waals surface area contributed by atoms with Crippen molar-refractivity contribution in [3.63, 3.8) is 0 Å². The first-order chi connectivity index (χ1) is 4.77. The molecule has 0 aromatic heterocycles. The average Bonchev–Trinajstić information content (AvgIpc) is 2.29. The Morgan fingerprint density at radius 1 is 1.30 bits per heavy atom. The molecule has 2 heterocycles. The topological polar surface area (TPSA) is 58.9 Å². The predicted molar refractivity (Wildman–Crippen MR) is 31.2 cm³/mol. The number of aliphatic hydroxyl groups excluding tert-OH is 2. The van der Waals surface area contributed by atoms with E-state index in [1.54, 1.807) is 0 Å². The van der Waals surface area contributed by atoms with E-state index in [-0.39, 0.29) is 6.10 Å². The fraction of sp³-hybridized carbons (Fsp3) is 1.00. The van der Waals surface area contributed by atoms with E-state index in [2.05, 4.69) is 0 Å². The molecular weight excluding hydrogens is 136 g/mol. The highest BCUT2D eigenvalue weighted by atomic mass is 16.7. The first-order valence-electron chi connectivity index (χ1n) is 3.40. The molecule has 58 valence electrons. The first-order valence-corrected chi connectivity index (χ1v) is 3.40. The van der Waals surface area contributed by atoms with Gasteiger partial charge in [0.05, 0.1) is 18.8 Å². The van der Waals surface area contributed by atoms with Gasteiger partial charge in [0.15, 0.2) is 6.29 Å². The second kappa shape index (κ2) is 2.17. The van der Waals surface area contributed by atoms with E-state index >= 15 is 0 Å². The lowest BCUT2D eigenvalue weighted by Crippen LogP contribution is -2.43. The van der Waals surface area contributed by atoms with Crippen LogP contribution in [-0.4, -0.2) is 41.4 Å². The van der Waals surface area contributed by atoms with Crippen molar-refractivity contribution in [1.82, 2.24) is 0 Å². The van der Waals surface area contributed by atoms with Crippen molar-refractivity contribution in [3.05, 3.63) is 0 Å². The zero-order chi connectivity index (χ0) is 7.14. The van der Waals surface area contributed by atoms with Crippen molar-refractivity contribution >= 4 is 0 Å². The molecule has 0 amide bonds. The quantitative estimate of drug-likeness (QED) is 0.453. The van der Waals surface area contributed by atoms with Gasteiger partial charge in [-0.1, -0.05) is 0 Å². The van der Waals surface area contributed by atoms with E-state index in [0.29, 0.717) is 13.0 Å². The number of hydrogen-bond acceptors (Lipinski definition) is 4. The van der Waals surface area contributed by atoms with Crippen LogP contribution in [0.25, 0.3) is 0 Å². The molecule has 10 heavy (non-hydrogen) atoms. The van der Waals surface area contributed by atoms with Crippen LogP contribution in [-0.2, 0) is 9.47 Å². The first kappa shape index (κ1) is 6.54. The zero-order valence-corrected chi connectivity index (χ0v) is 5.43. The molecule has 0 unspecified atom stereocenters. The van der Waals surface area contributed by atoms with Crippen LogP contribution in [0.2, 0.25) is 0 Å².